The van der Waals surface area contributed by atoms with Crippen LogP contribution in [0.2, 0.25) is 0 Å². The van der Waals surface area contributed by atoms with Crippen LogP contribution in [0.4, 0.5) is 0 Å². The Morgan fingerprint density at radius 3 is 1.73 bits per heavy atom. The molecule has 0 saturated carbocycles. The minimum atomic E-state index is -4.23. The quantitative estimate of drug-likeness (QED) is 0.129. The molecule has 0 atom stereocenters. The van der Waals surface area contributed by atoms with Gasteiger partial charge in [0.25, 0.3) is 0 Å². The Kier molecular flexibility index (Phi) is 9.52. The molecule has 5 heteroatoms. The van der Waals surface area contributed by atoms with Crippen LogP contribution in [0.15, 0.2) is 155 Å². The molecule has 1 aliphatic rings. The molecule has 0 bridgehead atoms. The minimum absolute atomic E-state index is 0.127. The van der Waals surface area contributed by atoms with Crippen LogP contribution in [0.3, 0.4) is 0 Å². The number of allylic oxidation sites excluding steroid dienone is 6. The third-order valence-electron chi connectivity index (χ3n) is 9.30. The molecule has 0 fully saturated rings. The summed E-state index contributed by atoms with van der Waals surface area (Å²) in [5, 5.41) is 2.57. The SMILES string of the molecule is CC1=C(/C=C/C(C)=C\CP(OS(=O)(=O)c2ccc(C)cc2)(c2ccccc2)(c2ccccc2)c2ccccc2)C(C)(C)CCC1. The van der Waals surface area contributed by atoms with E-state index >= 15 is 0 Å². The Morgan fingerprint density at radius 2 is 1.27 bits per heavy atom. The zero-order valence-corrected chi connectivity index (χ0v) is 28.8. The van der Waals surface area contributed by atoms with E-state index in [2.05, 4.69) is 45.9 Å². The molecule has 0 radical (unpaired) electrons. The van der Waals surface area contributed by atoms with Gasteiger partial charge >= 0.3 is 271 Å². The van der Waals surface area contributed by atoms with E-state index in [-0.39, 0.29) is 10.3 Å². The van der Waals surface area contributed by atoms with Crippen molar-refractivity contribution in [1.82, 2.24) is 0 Å². The summed E-state index contributed by atoms with van der Waals surface area (Å²) in [4.78, 5) is 0.146. The summed E-state index contributed by atoms with van der Waals surface area (Å²) < 4.78 is 36.1. The van der Waals surface area contributed by atoms with Crippen molar-refractivity contribution in [2.45, 2.75) is 58.8 Å². The molecule has 45 heavy (non-hydrogen) atoms. The van der Waals surface area contributed by atoms with Crippen LogP contribution >= 0.6 is 6.83 Å². The molecule has 4 aromatic carbocycles. The number of hydrogen-bond donors (Lipinski definition) is 0. The fraction of sp³-hybridized carbons (Fsp3) is 0.250. The van der Waals surface area contributed by atoms with Crippen molar-refractivity contribution < 1.29 is 12.4 Å². The predicted octanol–water partition coefficient (Wildman–Crippen LogP) is 9.17. The van der Waals surface area contributed by atoms with Crippen LogP contribution in [-0.2, 0) is 14.1 Å². The van der Waals surface area contributed by atoms with E-state index in [1.165, 1.54) is 24.0 Å². The fourth-order valence-electron chi connectivity index (χ4n) is 6.73. The third kappa shape index (κ3) is 6.42. The van der Waals surface area contributed by atoms with Crippen molar-refractivity contribution in [2.24, 2.45) is 5.41 Å². The molecule has 0 unspecified atom stereocenters. The van der Waals surface area contributed by atoms with Crippen molar-refractivity contribution >= 4 is 32.9 Å². The van der Waals surface area contributed by atoms with E-state index in [1.54, 1.807) is 12.1 Å². The second-order valence-electron chi connectivity index (χ2n) is 13.0. The maximum absolute atomic E-state index is 14.5. The van der Waals surface area contributed by atoms with E-state index in [1.807, 2.05) is 110 Å². The zero-order valence-electron chi connectivity index (χ0n) is 27.1. The fourth-order valence-corrected chi connectivity index (χ4v) is 15.1. The van der Waals surface area contributed by atoms with Crippen LogP contribution in [0, 0.1) is 12.3 Å². The van der Waals surface area contributed by atoms with E-state index in [4.69, 9.17) is 3.97 Å². The zero-order chi connectivity index (χ0) is 32.2. The molecule has 5 rings (SSSR count). The summed E-state index contributed by atoms with van der Waals surface area (Å²) in [7, 11) is -4.23. The first-order chi connectivity index (χ1) is 21.5. The van der Waals surface area contributed by atoms with Gasteiger partial charge in [0, 0.05) is 0 Å². The van der Waals surface area contributed by atoms with Crippen molar-refractivity contribution in [3.05, 3.63) is 156 Å². The van der Waals surface area contributed by atoms with Gasteiger partial charge in [-0.3, -0.25) is 0 Å². The Labute approximate surface area is 270 Å². The molecule has 3 nitrogen and oxygen atoms in total. The van der Waals surface area contributed by atoms with Crippen LogP contribution in [0.25, 0.3) is 0 Å². The molecular weight excluding hydrogens is 591 g/mol. The molecule has 0 aliphatic heterocycles. The normalized spacial score (nSPS) is 16.8. The van der Waals surface area contributed by atoms with Crippen LogP contribution in [-0.4, -0.2) is 14.6 Å². The molecule has 0 aromatic heterocycles. The first-order valence-corrected chi connectivity index (χ1v) is 19.5. The summed E-state index contributed by atoms with van der Waals surface area (Å²) >= 11 is 0. The van der Waals surface area contributed by atoms with E-state index in [0.29, 0.717) is 6.16 Å². The molecule has 0 saturated heterocycles. The molecular formula is C40H45O3PS. The van der Waals surface area contributed by atoms with Crippen molar-refractivity contribution in [3.8, 4) is 0 Å². The Balaban J connectivity index is 1.79. The molecule has 0 N–H and O–H groups in total. The van der Waals surface area contributed by atoms with E-state index in [9.17, 15) is 8.42 Å². The molecule has 4 aromatic rings. The Hall–Kier alpha value is -3.56. The van der Waals surface area contributed by atoms with Crippen molar-refractivity contribution in [1.29, 1.82) is 0 Å². The summed E-state index contributed by atoms with van der Waals surface area (Å²) in [6.45, 7) is 6.72. The summed E-state index contributed by atoms with van der Waals surface area (Å²) in [5.41, 5.74) is 5.01. The monoisotopic (exact) mass is 636 g/mol. The molecule has 0 spiro atoms. The van der Waals surface area contributed by atoms with Gasteiger partial charge in [-0.05, 0) is 0 Å². The topological polar surface area (TPSA) is 43.4 Å². The first kappa shape index (κ1) is 32.8. The average molecular weight is 637 g/mol. The Morgan fingerprint density at radius 1 is 0.778 bits per heavy atom. The first-order valence-electron chi connectivity index (χ1n) is 15.7. The number of benzene rings is 4. The molecule has 1 aliphatic carbocycles. The van der Waals surface area contributed by atoms with Crippen LogP contribution in [0.5, 0.6) is 0 Å². The number of rotatable bonds is 10. The number of hydrogen-bond acceptors (Lipinski definition) is 3. The van der Waals surface area contributed by atoms with E-state index in [0.717, 1.165) is 33.5 Å². The maximum atomic E-state index is 14.5. The second kappa shape index (κ2) is 13.0. The van der Waals surface area contributed by atoms with Gasteiger partial charge in [-0.15, -0.1) is 0 Å². The van der Waals surface area contributed by atoms with Crippen LogP contribution < -0.4 is 15.9 Å². The summed E-state index contributed by atoms with van der Waals surface area (Å²) in [6, 6.07) is 36.8. The van der Waals surface area contributed by atoms with Crippen molar-refractivity contribution in [2.75, 3.05) is 6.16 Å². The molecule has 0 heterocycles. The van der Waals surface area contributed by atoms with Crippen molar-refractivity contribution in [3.63, 3.8) is 0 Å². The third-order valence-corrected chi connectivity index (χ3v) is 17.3. The van der Waals surface area contributed by atoms with Gasteiger partial charge in [-0.25, -0.2) is 0 Å². The van der Waals surface area contributed by atoms with E-state index < -0.39 is 16.9 Å². The predicted molar refractivity (Wildman–Crippen MR) is 193 cm³/mol. The average Bonchev–Trinajstić information content (AvgIpc) is 3.04. The van der Waals surface area contributed by atoms with Gasteiger partial charge in [0.1, 0.15) is 0 Å². The van der Waals surface area contributed by atoms with Crippen LogP contribution in [0.1, 0.15) is 52.5 Å². The standard InChI is InChI=1S/C40H45O3PS/c1-32-23-26-38(27-24-32)45(41,42)43-44(35-17-9-6-10-18-35,36-19-11-7-12-20-36,37-21-13-8-14-22-37)31-29-33(2)25-28-39-34(3)16-15-30-40(39,4)5/h6-14,17-29H,15-16,30-31H2,1-5H3/b28-25+,33-29-. The van der Waals surface area contributed by atoms with Gasteiger partial charge in [0.05, 0.1) is 0 Å². The molecule has 234 valence electrons. The second-order valence-corrected chi connectivity index (χ2v) is 19.3. The Bertz CT molecular complexity index is 1720. The van der Waals surface area contributed by atoms with Gasteiger partial charge in [-0.2, -0.15) is 0 Å². The van der Waals surface area contributed by atoms with Gasteiger partial charge in [0.15, 0.2) is 0 Å². The molecule has 0 amide bonds. The van der Waals surface area contributed by atoms with Gasteiger partial charge in [0.2, 0.25) is 0 Å². The van der Waals surface area contributed by atoms with Gasteiger partial charge < -0.3 is 0 Å². The number of aryl methyl sites for hydroxylation is 1. The summed E-state index contributed by atoms with van der Waals surface area (Å²) in [6.07, 6.45) is 10.5. The summed E-state index contributed by atoms with van der Waals surface area (Å²) in [5.74, 6) is 0. The van der Waals surface area contributed by atoms with Gasteiger partial charge in [-0.1, -0.05) is 0 Å².